The predicted octanol–water partition coefficient (Wildman–Crippen LogP) is 15.5. The van der Waals surface area contributed by atoms with Gasteiger partial charge in [0.2, 0.25) is 0 Å². The van der Waals surface area contributed by atoms with E-state index in [0.717, 1.165) is 55.3 Å². The normalized spacial score (nSPS) is 11.6. The number of nitrogens with zero attached hydrogens (tertiary/aromatic N) is 1. The van der Waals surface area contributed by atoms with Gasteiger partial charge in [-0.1, -0.05) is 176 Å². The van der Waals surface area contributed by atoms with Crippen LogP contribution in [0.25, 0.3) is 87.6 Å². The van der Waals surface area contributed by atoms with Crippen molar-refractivity contribution >= 4 is 71.3 Å². The van der Waals surface area contributed by atoms with Crippen molar-refractivity contribution in [2.45, 2.75) is 0 Å². The fourth-order valence-corrected chi connectivity index (χ4v) is 8.51. The molecule has 0 spiro atoms. The Labute approximate surface area is 325 Å². The van der Waals surface area contributed by atoms with Crippen molar-refractivity contribution in [3.05, 3.63) is 212 Å². The molecule has 0 saturated heterocycles. The quantitative estimate of drug-likeness (QED) is 0.171. The third kappa shape index (κ3) is 5.34. The van der Waals surface area contributed by atoms with E-state index in [-0.39, 0.29) is 0 Å². The van der Waals surface area contributed by atoms with Crippen molar-refractivity contribution < 1.29 is 4.42 Å². The minimum atomic E-state index is 0.882. The Kier molecular flexibility index (Phi) is 7.53. The summed E-state index contributed by atoms with van der Waals surface area (Å²) in [7, 11) is 0. The molecule has 0 fully saturated rings. The molecule has 0 bridgehead atoms. The van der Waals surface area contributed by atoms with Crippen LogP contribution >= 0.6 is 0 Å². The Balaban J connectivity index is 1.13. The topological polar surface area (TPSA) is 16.4 Å². The molecule has 0 aliphatic rings. The molecule has 11 rings (SSSR count). The van der Waals surface area contributed by atoms with Gasteiger partial charge < -0.3 is 9.32 Å². The highest BCUT2D eigenvalue weighted by Crippen LogP contribution is 2.48. The molecule has 11 aromatic rings. The van der Waals surface area contributed by atoms with E-state index in [2.05, 4.69) is 217 Å². The van der Waals surface area contributed by atoms with Crippen molar-refractivity contribution in [3.8, 4) is 33.4 Å². The van der Waals surface area contributed by atoms with Gasteiger partial charge >= 0.3 is 0 Å². The zero-order chi connectivity index (χ0) is 37.0. The van der Waals surface area contributed by atoms with Gasteiger partial charge in [0.15, 0.2) is 0 Å². The lowest BCUT2D eigenvalue weighted by Gasteiger charge is -2.28. The highest BCUT2D eigenvalue weighted by atomic mass is 16.3. The van der Waals surface area contributed by atoms with Crippen molar-refractivity contribution in [1.29, 1.82) is 0 Å². The van der Waals surface area contributed by atoms with Gasteiger partial charge in [0.05, 0.1) is 11.4 Å². The second-order valence-corrected chi connectivity index (χ2v) is 14.5. The Bertz CT molecular complexity index is 3230. The number of fused-ring (bicyclic) bond motifs is 7. The molecule has 1 heterocycles. The molecule has 0 atom stereocenters. The lowest BCUT2D eigenvalue weighted by molar-refractivity contribution is 0.673. The van der Waals surface area contributed by atoms with Crippen LogP contribution in [0, 0.1) is 0 Å². The largest absolute Gasteiger partial charge is 0.455 e. The van der Waals surface area contributed by atoms with Gasteiger partial charge in [-0.15, -0.1) is 0 Å². The zero-order valence-electron chi connectivity index (χ0n) is 30.6. The predicted molar refractivity (Wildman–Crippen MR) is 237 cm³/mol. The van der Waals surface area contributed by atoms with Crippen LogP contribution < -0.4 is 4.90 Å². The lowest BCUT2D eigenvalue weighted by atomic mass is 9.95. The average Bonchev–Trinajstić information content (AvgIpc) is 3.66. The summed E-state index contributed by atoms with van der Waals surface area (Å²) in [6.07, 6.45) is 0. The number of hydrogen-bond acceptors (Lipinski definition) is 2. The molecular weight excluding hydrogens is 679 g/mol. The Morgan fingerprint density at radius 3 is 1.66 bits per heavy atom. The molecule has 56 heavy (non-hydrogen) atoms. The minimum absolute atomic E-state index is 0.882. The van der Waals surface area contributed by atoms with Gasteiger partial charge in [0.1, 0.15) is 11.2 Å². The van der Waals surface area contributed by atoms with Crippen LogP contribution in [0.1, 0.15) is 0 Å². The fourth-order valence-electron chi connectivity index (χ4n) is 8.51. The summed E-state index contributed by atoms with van der Waals surface area (Å²) >= 11 is 0. The Morgan fingerprint density at radius 1 is 0.321 bits per heavy atom. The van der Waals surface area contributed by atoms with Crippen molar-refractivity contribution in [2.24, 2.45) is 0 Å². The van der Waals surface area contributed by atoms with E-state index in [1.54, 1.807) is 0 Å². The molecule has 0 saturated carbocycles. The summed E-state index contributed by atoms with van der Waals surface area (Å²) in [6.45, 7) is 0. The molecule has 1 aromatic heterocycles. The van der Waals surface area contributed by atoms with E-state index in [0.29, 0.717) is 0 Å². The van der Waals surface area contributed by atoms with Gasteiger partial charge in [-0.2, -0.15) is 0 Å². The molecular formula is C54H35NO. The van der Waals surface area contributed by atoms with Crippen LogP contribution in [0.4, 0.5) is 17.1 Å². The van der Waals surface area contributed by atoms with Crippen LogP contribution in [-0.4, -0.2) is 0 Å². The zero-order valence-corrected chi connectivity index (χ0v) is 30.6. The first-order valence-electron chi connectivity index (χ1n) is 19.2. The summed E-state index contributed by atoms with van der Waals surface area (Å²) < 4.78 is 6.81. The molecule has 0 radical (unpaired) electrons. The van der Waals surface area contributed by atoms with Gasteiger partial charge in [0, 0.05) is 32.6 Å². The van der Waals surface area contributed by atoms with Gasteiger partial charge in [0.25, 0.3) is 0 Å². The van der Waals surface area contributed by atoms with Gasteiger partial charge in [-0.3, -0.25) is 0 Å². The molecule has 0 aliphatic carbocycles. The summed E-state index contributed by atoms with van der Waals surface area (Å²) in [5, 5.41) is 9.26. The van der Waals surface area contributed by atoms with Crippen LogP contribution in [0.3, 0.4) is 0 Å². The first-order chi connectivity index (χ1) is 27.8. The SMILES string of the molecule is c1ccc(-c2ccc(-c3ccc(N(c4cccc5ccccc45)c4cc5c(oc6cccc(-c7ccc8ccccc8c7)c65)c5ccccc45)cc3)cc2)cc1. The van der Waals surface area contributed by atoms with Crippen LogP contribution in [0.2, 0.25) is 0 Å². The maximum Gasteiger partial charge on any atom is 0.143 e. The maximum absolute atomic E-state index is 6.81. The molecule has 2 heteroatoms. The molecule has 262 valence electrons. The lowest BCUT2D eigenvalue weighted by Crippen LogP contribution is -2.11. The smallest absolute Gasteiger partial charge is 0.143 e. The van der Waals surface area contributed by atoms with Crippen LogP contribution in [-0.2, 0) is 0 Å². The van der Waals surface area contributed by atoms with E-state index >= 15 is 0 Å². The molecule has 0 amide bonds. The van der Waals surface area contributed by atoms with Gasteiger partial charge in [-0.05, 0) is 85.9 Å². The average molecular weight is 714 g/mol. The van der Waals surface area contributed by atoms with Crippen molar-refractivity contribution in [1.82, 2.24) is 0 Å². The maximum atomic E-state index is 6.81. The monoisotopic (exact) mass is 713 g/mol. The summed E-state index contributed by atoms with van der Waals surface area (Å²) in [5.74, 6) is 0. The molecule has 0 N–H and O–H groups in total. The van der Waals surface area contributed by atoms with E-state index in [1.165, 1.54) is 49.4 Å². The standard InChI is InChI=1S/C54H35NO/c1-2-12-36(13-3-1)38-24-26-39(27-25-38)40-30-32-44(33-31-40)55(50-22-10-17-41-15-6-7-18-45(41)50)51-35-49-53-46(43-29-28-37-14-4-5-16-42(37)34-43)21-11-23-52(53)56-54(49)48-20-9-8-19-47(48)51/h1-35H. The first kappa shape index (κ1) is 32.0. The number of furan rings is 1. The number of anilines is 3. The molecule has 2 nitrogen and oxygen atoms in total. The van der Waals surface area contributed by atoms with E-state index < -0.39 is 0 Å². The first-order valence-corrected chi connectivity index (χ1v) is 19.2. The minimum Gasteiger partial charge on any atom is -0.455 e. The summed E-state index contributed by atoms with van der Waals surface area (Å²) in [5.41, 5.74) is 12.2. The Morgan fingerprint density at radius 2 is 0.893 bits per heavy atom. The summed E-state index contributed by atoms with van der Waals surface area (Å²) in [6, 6.07) is 76.4. The summed E-state index contributed by atoms with van der Waals surface area (Å²) in [4.78, 5) is 2.43. The number of benzene rings is 10. The van der Waals surface area contributed by atoms with Crippen molar-refractivity contribution in [2.75, 3.05) is 4.90 Å². The third-order valence-corrected chi connectivity index (χ3v) is 11.2. The number of hydrogen-bond donors (Lipinski definition) is 0. The van der Waals surface area contributed by atoms with Crippen LogP contribution in [0.5, 0.6) is 0 Å². The van der Waals surface area contributed by atoms with E-state index in [4.69, 9.17) is 4.42 Å². The molecule has 10 aromatic carbocycles. The second kappa shape index (κ2) is 13.2. The van der Waals surface area contributed by atoms with Crippen LogP contribution in [0.15, 0.2) is 217 Å². The van der Waals surface area contributed by atoms with E-state index in [9.17, 15) is 0 Å². The fraction of sp³-hybridized carbons (Fsp3) is 0. The molecule has 0 unspecified atom stereocenters. The van der Waals surface area contributed by atoms with Gasteiger partial charge in [-0.25, -0.2) is 0 Å². The highest BCUT2D eigenvalue weighted by Gasteiger charge is 2.23. The Hall–Kier alpha value is -7.42. The third-order valence-electron chi connectivity index (χ3n) is 11.2. The highest BCUT2D eigenvalue weighted by molar-refractivity contribution is 6.23. The number of rotatable bonds is 6. The van der Waals surface area contributed by atoms with Crippen molar-refractivity contribution in [3.63, 3.8) is 0 Å². The molecule has 0 aliphatic heterocycles. The second-order valence-electron chi connectivity index (χ2n) is 14.5. The van der Waals surface area contributed by atoms with E-state index in [1.807, 2.05) is 0 Å².